The van der Waals surface area contributed by atoms with Crippen LogP contribution in [0.4, 0.5) is 26.3 Å². The second kappa shape index (κ2) is 5.87. The summed E-state index contributed by atoms with van der Waals surface area (Å²) in [6.45, 7) is 1.46. The molecule has 1 saturated heterocycles. The topological polar surface area (TPSA) is 12.0 Å². The lowest BCUT2D eigenvalue weighted by molar-refractivity contribution is -0.143. The Morgan fingerprint density at radius 2 is 1.57 bits per heavy atom. The summed E-state index contributed by atoms with van der Waals surface area (Å²) < 4.78 is 76.7. The van der Waals surface area contributed by atoms with Gasteiger partial charge in [-0.1, -0.05) is 6.07 Å². The molecule has 1 fully saturated rings. The minimum absolute atomic E-state index is 0.0533. The van der Waals surface area contributed by atoms with E-state index in [1.807, 2.05) is 0 Å². The third-order valence-electron chi connectivity index (χ3n) is 3.71. The van der Waals surface area contributed by atoms with E-state index in [1.54, 1.807) is 0 Å². The molecule has 118 valence electrons. The van der Waals surface area contributed by atoms with Crippen molar-refractivity contribution in [3.8, 4) is 0 Å². The van der Waals surface area contributed by atoms with Gasteiger partial charge in [-0.3, -0.25) is 0 Å². The van der Waals surface area contributed by atoms with E-state index in [0.29, 0.717) is 0 Å². The molecule has 0 saturated carbocycles. The van der Waals surface area contributed by atoms with Crippen LogP contribution in [0.1, 0.15) is 29.5 Å². The highest BCUT2D eigenvalue weighted by molar-refractivity contribution is 5.36. The largest absolute Gasteiger partial charge is 0.416 e. The van der Waals surface area contributed by atoms with Crippen LogP contribution in [0.15, 0.2) is 18.2 Å². The summed E-state index contributed by atoms with van der Waals surface area (Å²) in [6, 6.07) is 1.91. The number of hydrogen-bond acceptors (Lipinski definition) is 1. The van der Waals surface area contributed by atoms with Crippen LogP contribution >= 0.6 is 0 Å². The first-order valence-electron chi connectivity index (χ1n) is 6.66. The van der Waals surface area contributed by atoms with Crippen LogP contribution in [0.25, 0.3) is 0 Å². The number of halogens is 6. The van der Waals surface area contributed by atoms with Crippen molar-refractivity contribution in [1.82, 2.24) is 5.32 Å². The molecule has 0 amide bonds. The van der Waals surface area contributed by atoms with Crippen LogP contribution in [0.2, 0.25) is 0 Å². The van der Waals surface area contributed by atoms with Gasteiger partial charge in [0, 0.05) is 0 Å². The molecule has 1 aliphatic rings. The van der Waals surface area contributed by atoms with Crippen LogP contribution in [0, 0.1) is 5.92 Å². The normalized spacial score (nSPS) is 18.0. The summed E-state index contributed by atoms with van der Waals surface area (Å²) in [5.41, 5.74) is -2.48. The number of benzene rings is 1. The summed E-state index contributed by atoms with van der Waals surface area (Å²) >= 11 is 0. The van der Waals surface area contributed by atoms with Crippen LogP contribution in [-0.2, 0) is 18.8 Å². The van der Waals surface area contributed by atoms with Crippen molar-refractivity contribution in [2.45, 2.75) is 31.6 Å². The zero-order valence-electron chi connectivity index (χ0n) is 11.1. The van der Waals surface area contributed by atoms with Crippen molar-refractivity contribution < 1.29 is 26.3 Å². The first-order chi connectivity index (χ1) is 9.68. The molecule has 0 atom stereocenters. The fourth-order valence-electron chi connectivity index (χ4n) is 2.59. The molecule has 2 rings (SSSR count). The molecular formula is C14H15F6N. The van der Waals surface area contributed by atoms with E-state index >= 15 is 0 Å². The molecule has 0 bridgehead atoms. The van der Waals surface area contributed by atoms with Crippen LogP contribution < -0.4 is 5.32 Å². The summed E-state index contributed by atoms with van der Waals surface area (Å²) in [6.07, 6.45) is -7.91. The number of nitrogens with one attached hydrogen (secondary N) is 1. The molecule has 1 N–H and O–H groups in total. The van der Waals surface area contributed by atoms with E-state index < -0.39 is 23.5 Å². The molecule has 21 heavy (non-hydrogen) atoms. The van der Waals surface area contributed by atoms with Gasteiger partial charge in [0.15, 0.2) is 0 Å². The van der Waals surface area contributed by atoms with Crippen LogP contribution in [0.5, 0.6) is 0 Å². The monoisotopic (exact) mass is 311 g/mol. The minimum atomic E-state index is -4.77. The highest BCUT2D eigenvalue weighted by Crippen LogP contribution is 2.38. The second-order valence-electron chi connectivity index (χ2n) is 5.26. The summed E-state index contributed by atoms with van der Waals surface area (Å²) in [5, 5.41) is 3.10. The average molecular weight is 311 g/mol. The van der Waals surface area contributed by atoms with Gasteiger partial charge in [-0.15, -0.1) is 0 Å². The van der Waals surface area contributed by atoms with Gasteiger partial charge >= 0.3 is 12.4 Å². The zero-order valence-corrected chi connectivity index (χ0v) is 11.1. The van der Waals surface area contributed by atoms with Crippen LogP contribution in [-0.4, -0.2) is 13.1 Å². The molecular weight excluding hydrogens is 296 g/mol. The molecule has 1 nitrogen and oxygen atoms in total. The lowest BCUT2D eigenvalue weighted by Gasteiger charge is -2.24. The van der Waals surface area contributed by atoms with Gasteiger partial charge in [0.1, 0.15) is 0 Å². The summed E-state index contributed by atoms with van der Waals surface area (Å²) in [7, 11) is 0. The first kappa shape index (κ1) is 16.1. The molecule has 0 radical (unpaired) electrons. The summed E-state index contributed by atoms with van der Waals surface area (Å²) in [4.78, 5) is 0. The maximum absolute atomic E-state index is 13.0. The Labute approximate surface area is 118 Å². The SMILES string of the molecule is FC(F)(F)c1ccc(CC2CCNCC2)c(C(F)(F)F)c1. The third-order valence-corrected chi connectivity index (χ3v) is 3.71. The number of hydrogen-bond donors (Lipinski definition) is 1. The van der Waals surface area contributed by atoms with Gasteiger partial charge in [-0.25, -0.2) is 0 Å². The fraction of sp³-hybridized carbons (Fsp3) is 0.571. The smallest absolute Gasteiger partial charge is 0.317 e. The van der Waals surface area contributed by atoms with Gasteiger partial charge < -0.3 is 5.32 Å². The Balaban J connectivity index is 2.31. The average Bonchev–Trinajstić information content (AvgIpc) is 2.38. The maximum atomic E-state index is 13.0. The van der Waals surface area contributed by atoms with E-state index in [0.717, 1.165) is 38.1 Å². The number of rotatable bonds is 2. The highest BCUT2D eigenvalue weighted by Gasteiger charge is 2.38. The minimum Gasteiger partial charge on any atom is -0.317 e. The Morgan fingerprint density at radius 3 is 2.10 bits per heavy atom. The molecule has 1 aromatic carbocycles. The zero-order chi connectivity index (χ0) is 15.7. The van der Waals surface area contributed by atoms with E-state index in [9.17, 15) is 26.3 Å². The van der Waals surface area contributed by atoms with Gasteiger partial charge in [0.25, 0.3) is 0 Å². The lowest BCUT2D eigenvalue weighted by Crippen LogP contribution is -2.29. The molecule has 1 aromatic rings. The fourth-order valence-corrected chi connectivity index (χ4v) is 2.59. The maximum Gasteiger partial charge on any atom is 0.416 e. The van der Waals surface area contributed by atoms with Crippen molar-refractivity contribution in [3.05, 3.63) is 34.9 Å². The molecule has 0 unspecified atom stereocenters. The predicted molar refractivity (Wildman–Crippen MR) is 65.7 cm³/mol. The third kappa shape index (κ3) is 4.12. The van der Waals surface area contributed by atoms with E-state index in [1.165, 1.54) is 0 Å². The van der Waals surface area contributed by atoms with Gasteiger partial charge in [-0.05, 0) is 56.0 Å². The number of piperidine rings is 1. The number of alkyl halides is 6. The van der Waals surface area contributed by atoms with Crippen molar-refractivity contribution in [3.63, 3.8) is 0 Å². The van der Waals surface area contributed by atoms with Crippen molar-refractivity contribution in [2.24, 2.45) is 5.92 Å². The first-order valence-corrected chi connectivity index (χ1v) is 6.66. The predicted octanol–water partition coefficient (Wildman–Crippen LogP) is 4.27. The Morgan fingerprint density at radius 1 is 0.952 bits per heavy atom. The lowest BCUT2D eigenvalue weighted by atomic mass is 9.88. The molecule has 1 heterocycles. The second-order valence-corrected chi connectivity index (χ2v) is 5.26. The van der Waals surface area contributed by atoms with Crippen molar-refractivity contribution in [1.29, 1.82) is 0 Å². The van der Waals surface area contributed by atoms with Crippen LogP contribution in [0.3, 0.4) is 0 Å². The molecule has 0 aliphatic carbocycles. The molecule has 0 aromatic heterocycles. The summed E-state index contributed by atoms with van der Waals surface area (Å²) in [5.74, 6) is 0.0732. The molecule has 1 aliphatic heterocycles. The van der Waals surface area contributed by atoms with Gasteiger partial charge in [0.05, 0.1) is 11.1 Å². The van der Waals surface area contributed by atoms with E-state index in [4.69, 9.17) is 0 Å². The van der Waals surface area contributed by atoms with Gasteiger partial charge in [0.2, 0.25) is 0 Å². The molecule has 0 spiro atoms. The quantitative estimate of drug-likeness (QED) is 0.805. The standard InChI is InChI=1S/C14H15F6N/c15-13(16,17)11-2-1-10(12(8-11)14(18,19)20)7-9-3-5-21-6-4-9/h1-2,8-9,21H,3-7H2. The van der Waals surface area contributed by atoms with Crippen molar-refractivity contribution >= 4 is 0 Å². The Bertz CT molecular complexity index is 485. The van der Waals surface area contributed by atoms with Crippen molar-refractivity contribution in [2.75, 3.05) is 13.1 Å². The van der Waals surface area contributed by atoms with E-state index in [-0.39, 0.29) is 24.0 Å². The van der Waals surface area contributed by atoms with E-state index in [2.05, 4.69) is 5.32 Å². The molecule has 7 heteroatoms. The highest BCUT2D eigenvalue weighted by atomic mass is 19.4. The Kier molecular flexibility index (Phi) is 4.51. The Hall–Kier alpha value is -1.24. The van der Waals surface area contributed by atoms with Gasteiger partial charge in [-0.2, -0.15) is 26.3 Å².